The predicted molar refractivity (Wildman–Crippen MR) is 38.7 cm³/mol. The van der Waals surface area contributed by atoms with Crippen molar-refractivity contribution < 1.29 is 10.2 Å². The van der Waals surface area contributed by atoms with Gasteiger partial charge in [0.15, 0.2) is 0 Å². The summed E-state index contributed by atoms with van der Waals surface area (Å²) in [5, 5.41) is 21.5. The zero-order valence-corrected chi connectivity index (χ0v) is 6.30. The summed E-state index contributed by atoms with van der Waals surface area (Å²) in [4.78, 5) is 0. The van der Waals surface area contributed by atoms with Gasteiger partial charge in [0.1, 0.15) is 0 Å². The Balaban J connectivity index is 2.54. The van der Waals surface area contributed by atoms with Crippen LogP contribution in [0.3, 0.4) is 0 Å². The second kappa shape index (κ2) is 2.86. The maximum absolute atomic E-state index is 9.43. The van der Waals surface area contributed by atoms with Crippen LogP contribution in [0.1, 0.15) is 13.3 Å². The van der Waals surface area contributed by atoms with E-state index in [-0.39, 0.29) is 18.1 Å². The molecule has 0 saturated carbocycles. The van der Waals surface area contributed by atoms with Crippen LogP contribution >= 0.6 is 0 Å². The van der Waals surface area contributed by atoms with E-state index in [0.717, 1.165) is 13.0 Å². The minimum atomic E-state index is -0.348. The van der Waals surface area contributed by atoms with Crippen LogP contribution in [-0.4, -0.2) is 36.0 Å². The number of hydrogen-bond donors (Lipinski definition) is 3. The molecule has 1 aliphatic rings. The van der Waals surface area contributed by atoms with Crippen LogP contribution in [0.4, 0.5) is 0 Å². The molecule has 0 amide bonds. The molecule has 3 N–H and O–H groups in total. The van der Waals surface area contributed by atoms with Crippen molar-refractivity contribution >= 4 is 0 Å². The summed E-state index contributed by atoms with van der Waals surface area (Å²) in [5.74, 6) is 0. The predicted octanol–water partition coefficient (Wildman–Crippen LogP) is -0.661. The summed E-state index contributed by atoms with van der Waals surface area (Å²) in [6.07, 6.45) is 0.399. The summed E-state index contributed by atoms with van der Waals surface area (Å²) in [7, 11) is 0. The molecule has 1 rings (SSSR count). The lowest BCUT2D eigenvalue weighted by Crippen LogP contribution is -2.50. The van der Waals surface area contributed by atoms with Crippen LogP contribution in [0, 0.1) is 5.41 Å². The first-order valence-electron chi connectivity index (χ1n) is 3.69. The van der Waals surface area contributed by atoms with Crippen molar-refractivity contribution in [2.45, 2.75) is 19.4 Å². The van der Waals surface area contributed by atoms with E-state index in [1.54, 1.807) is 0 Å². The van der Waals surface area contributed by atoms with E-state index in [9.17, 15) is 5.11 Å². The normalized spacial score (nSPS) is 41.7. The van der Waals surface area contributed by atoms with Crippen molar-refractivity contribution in [2.24, 2.45) is 5.41 Å². The molecule has 10 heavy (non-hydrogen) atoms. The van der Waals surface area contributed by atoms with Crippen molar-refractivity contribution in [3.63, 3.8) is 0 Å². The minimum absolute atomic E-state index is 0.0567. The lowest BCUT2D eigenvalue weighted by Gasteiger charge is -2.37. The van der Waals surface area contributed by atoms with Crippen molar-refractivity contribution in [3.8, 4) is 0 Å². The number of hydrogen-bond acceptors (Lipinski definition) is 3. The first-order chi connectivity index (χ1) is 4.69. The van der Waals surface area contributed by atoms with Crippen LogP contribution in [0.15, 0.2) is 0 Å². The molecular formula is C7H15NO2. The van der Waals surface area contributed by atoms with Crippen LogP contribution in [0.25, 0.3) is 0 Å². The molecule has 0 aromatic carbocycles. The molecule has 0 aliphatic carbocycles. The van der Waals surface area contributed by atoms with E-state index in [4.69, 9.17) is 5.11 Å². The van der Waals surface area contributed by atoms with Gasteiger partial charge in [-0.3, -0.25) is 0 Å². The van der Waals surface area contributed by atoms with Gasteiger partial charge in [0.25, 0.3) is 0 Å². The molecular weight excluding hydrogens is 130 g/mol. The maximum Gasteiger partial charge on any atom is 0.0640 e. The van der Waals surface area contributed by atoms with E-state index in [2.05, 4.69) is 5.32 Å². The number of aliphatic hydroxyl groups is 2. The van der Waals surface area contributed by atoms with Crippen LogP contribution in [-0.2, 0) is 0 Å². The van der Waals surface area contributed by atoms with Gasteiger partial charge in [-0.05, 0) is 13.0 Å². The third-order valence-corrected chi connectivity index (χ3v) is 2.29. The number of nitrogens with one attached hydrogen (secondary N) is 1. The van der Waals surface area contributed by atoms with E-state index in [1.807, 2.05) is 6.92 Å². The summed E-state index contributed by atoms with van der Waals surface area (Å²) in [6, 6.07) is 0. The molecule has 2 unspecified atom stereocenters. The first kappa shape index (κ1) is 7.98. The molecule has 0 bridgehead atoms. The average molecular weight is 145 g/mol. The smallest absolute Gasteiger partial charge is 0.0640 e. The van der Waals surface area contributed by atoms with Crippen LogP contribution in [0.5, 0.6) is 0 Å². The summed E-state index contributed by atoms with van der Waals surface area (Å²) in [6.45, 7) is 3.52. The third kappa shape index (κ3) is 1.31. The Labute approximate surface area is 61.1 Å². The fourth-order valence-corrected chi connectivity index (χ4v) is 1.24. The van der Waals surface area contributed by atoms with Gasteiger partial charge < -0.3 is 15.5 Å². The summed E-state index contributed by atoms with van der Waals surface area (Å²) >= 11 is 0. The second-order valence-electron chi connectivity index (χ2n) is 3.29. The monoisotopic (exact) mass is 145 g/mol. The SMILES string of the molecule is CC1(CO)CNCCC1O. The fourth-order valence-electron chi connectivity index (χ4n) is 1.24. The Bertz CT molecular complexity index is 118. The molecule has 1 heterocycles. The second-order valence-corrected chi connectivity index (χ2v) is 3.29. The van der Waals surface area contributed by atoms with Gasteiger partial charge in [-0.25, -0.2) is 0 Å². The molecule has 2 atom stereocenters. The van der Waals surface area contributed by atoms with Gasteiger partial charge in [-0.1, -0.05) is 6.92 Å². The lowest BCUT2D eigenvalue weighted by molar-refractivity contribution is -0.0246. The Morgan fingerprint density at radius 3 is 2.80 bits per heavy atom. The molecule has 3 nitrogen and oxygen atoms in total. The van der Waals surface area contributed by atoms with Crippen molar-refractivity contribution in [3.05, 3.63) is 0 Å². The van der Waals surface area contributed by atoms with E-state index in [1.165, 1.54) is 0 Å². The number of piperidine rings is 1. The highest BCUT2D eigenvalue weighted by Crippen LogP contribution is 2.24. The zero-order chi connectivity index (χ0) is 7.61. The summed E-state index contributed by atoms with van der Waals surface area (Å²) in [5.41, 5.74) is -0.321. The van der Waals surface area contributed by atoms with Gasteiger partial charge in [-0.2, -0.15) is 0 Å². The summed E-state index contributed by atoms with van der Waals surface area (Å²) < 4.78 is 0. The quantitative estimate of drug-likeness (QED) is 0.459. The molecule has 0 aromatic rings. The van der Waals surface area contributed by atoms with Gasteiger partial charge in [0, 0.05) is 12.0 Å². The van der Waals surface area contributed by atoms with Crippen LogP contribution in [0.2, 0.25) is 0 Å². The van der Waals surface area contributed by atoms with Gasteiger partial charge >= 0.3 is 0 Å². The van der Waals surface area contributed by atoms with Gasteiger partial charge in [0.2, 0.25) is 0 Å². The Morgan fingerprint density at radius 1 is 1.70 bits per heavy atom. The highest BCUT2D eigenvalue weighted by Gasteiger charge is 2.34. The Morgan fingerprint density at radius 2 is 2.40 bits per heavy atom. The zero-order valence-electron chi connectivity index (χ0n) is 6.30. The third-order valence-electron chi connectivity index (χ3n) is 2.29. The number of rotatable bonds is 1. The maximum atomic E-state index is 9.43. The van der Waals surface area contributed by atoms with Crippen molar-refractivity contribution in [1.82, 2.24) is 5.32 Å². The van der Waals surface area contributed by atoms with E-state index in [0.29, 0.717) is 6.54 Å². The molecule has 1 fully saturated rings. The van der Waals surface area contributed by atoms with E-state index >= 15 is 0 Å². The highest BCUT2D eigenvalue weighted by atomic mass is 16.3. The molecule has 0 radical (unpaired) electrons. The molecule has 1 saturated heterocycles. The van der Waals surface area contributed by atoms with Crippen LogP contribution < -0.4 is 5.32 Å². The molecule has 0 aromatic heterocycles. The molecule has 1 aliphatic heterocycles. The van der Waals surface area contributed by atoms with Crippen molar-refractivity contribution in [2.75, 3.05) is 19.7 Å². The largest absolute Gasteiger partial charge is 0.396 e. The van der Waals surface area contributed by atoms with E-state index < -0.39 is 0 Å². The van der Waals surface area contributed by atoms with Gasteiger partial charge in [-0.15, -0.1) is 0 Å². The number of aliphatic hydroxyl groups excluding tert-OH is 2. The molecule has 60 valence electrons. The standard InChI is InChI=1S/C7H15NO2/c1-7(5-9)4-8-3-2-6(7)10/h6,8-10H,2-5H2,1H3. The lowest BCUT2D eigenvalue weighted by atomic mass is 9.81. The minimum Gasteiger partial charge on any atom is -0.396 e. The van der Waals surface area contributed by atoms with Crippen molar-refractivity contribution in [1.29, 1.82) is 0 Å². The fraction of sp³-hybridized carbons (Fsp3) is 1.00. The first-order valence-corrected chi connectivity index (χ1v) is 3.69. The average Bonchev–Trinajstić information content (AvgIpc) is 1.96. The topological polar surface area (TPSA) is 52.5 Å². The van der Waals surface area contributed by atoms with Gasteiger partial charge in [0.05, 0.1) is 12.7 Å². The molecule has 0 spiro atoms. The highest BCUT2D eigenvalue weighted by molar-refractivity contribution is 4.87. The Kier molecular flexibility index (Phi) is 2.28. The molecule has 3 heteroatoms. The Hall–Kier alpha value is -0.120.